The van der Waals surface area contributed by atoms with Crippen molar-refractivity contribution in [3.63, 3.8) is 0 Å². The summed E-state index contributed by atoms with van der Waals surface area (Å²) in [5, 5.41) is 10.4. The number of piperidine rings is 1. The SMILES string of the molecule is O=C(NCC1N=NC(=O)c2ccccc21)c1ccc(S(=O)(=O)N2CCCCC2)cc1. The average molecular weight is 426 g/mol. The molecular weight excluding hydrogens is 404 g/mol. The zero-order chi connectivity index (χ0) is 21.1. The van der Waals surface area contributed by atoms with E-state index in [2.05, 4.69) is 15.5 Å². The molecule has 2 amide bonds. The van der Waals surface area contributed by atoms with Crippen LogP contribution in [-0.2, 0) is 10.0 Å². The molecular formula is C21H22N4O4S. The van der Waals surface area contributed by atoms with Crippen LogP contribution in [0.15, 0.2) is 63.7 Å². The maximum atomic E-state index is 12.7. The molecule has 1 fully saturated rings. The summed E-state index contributed by atoms with van der Waals surface area (Å²) in [5.74, 6) is -0.736. The molecule has 1 saturated heterocycles. The first-order chi connectivity index (χ1) is 14.5. The van der Waals surface area contributed by atoms with Crippen LogP contribution in [-0.4, -0.2) is 44.2 Å². The lowest BCUT2D eigenvalue weighted by Gasteiger charge is -2.25. The summed E-state index contributed by atoms with van der Waals surface area (Å²) in [5.41, 5.74) is 1.56. The Labute approximate surface area is 175 Å². The van der Waals surface area contributed by atoms with Gasteiger partial charge in [-0.1, -0.05) is 24.6 Å². The summed E-state index contributed by atoms with van der Waals surface area (Å²) in [4.78, 5) is 24.5. The number of amides is 2. The van der Waals surface area contributed by atoms with Crippen LogP contribution in [0.5, 0.6) is 0 Å². The molecule has 0 radical (unpaired) electrons. The zero-order valence-electron chi connectivity index (χ0n) is 16.3. The average Bonchev–Trinajstić information content (AvgIpc) is 2.79. The van der Waals surface area contributed by atoms with Crippen molar-refractivity contribution < 1.29 is 18.0 Å². The molecule has 0 aromatic heterocycles. The van der Waals surface area contributed by atoms with Crippen molar-refractivity contribution in [2.75, 3.05) is 19.6 Å². The number of carbonyl (C=O) groups excluding carboxylic acids is 2. The lowest BCUT2D eigenvalue weighted by atomic mass is 9.99. The van der Waals surface area contributed by atoms with Crippen LogP contribution < -0.4 is 5.32 Å². The first-order valence-corrected chi connectivity index (χ1v) is 11.3. The number of sulfonamides is 1. The Morgan fingerprint density at radius 2 is 1.73 bits per heavy atom. The van der Waals surface area contributed by atoms with E-state index in [4.69, 9.17) is 0 Å². The third-order valence-electron chi connectivity index (χ3n) is 5.36. The molecule has 0 saturated carbocycles. The highest BCUT2D eigenvalue weighted by molar-refractivity contribution is 7.89. The van der Waals surface area contributed by atoms with Crippen LogP contribution in [0, 0.1) is 0 Å². The third kappa shape index (κ3) is 4.03. The van der Waals surface area contributed by atoms with Crippen molar-refractivity contribution in [2.24, 2.45) is 10.2 Å². The van der Waals surface area contributed by atoms with E-state index in [1.54, 1.807) is 18.2 Å². The van der Waals surface area contributed by atoms with E-state index in [-0.39, 0.29) is 17.3 Å². The number of hydrogen-bond donors (Lipinski definition) is 1. The van der Waals surface area contributed by atoms with Gasteiger partial charge < -0.3 is 5.32 Å². The van der Waals surface area contributed by atoms with Crippen molar-refractivity contribution in [3.05, 3.63) is 65.2 Å². The highest BCUT2D eigenvalue weighted by atomic mass is 32.2. The second kappa shape index (κ2) is 8.45. The second-order valence-corrected chi connectivity index (χ2v) is 9.26. The number of azo groups is 1. The Morgan fingerprint density at radius 1 is 1.03 bits per heavy atom. The van der Waals surface area contributed by atoms with Gasteiger partial charge in [0.25, 0.3) is 11.8 Å². The van der Waals surface area contributed by atoms with Crippen molar-refractivity contribution in [1.82, 2.24) is 9.62 Å². The van der Waals surface area contributed by atoms with Gasteiger partial charge in [-0.2, -0.15) is 9.42 Å². The Morgan fingerprint density at radius 3 is 2.47 bits per heavy atom. The summed E-state index contributed by atoms with van der Waals surface area (Å²) in [6.07, 6.45) is 2.78. The van der Waals surface area contributed by atoms with E-state index in [9.17, 15) is 18.0 Å². The fraction of sp³-hybridized carbons (Fsp3) is 0.333. The van der Waals surface area contributed by atoms with Crippen LogP contribution in [0.4, 0.5) is 0 Å². The van der Waals surface area contributed by atoms with Gasteiger partial charge in [-0.15, -0.1) is 5.11 Å². The predicted octanol–water partition coefficient (Wildman–Crippen LogP) is 2.94. The molecule has 1 unspecified atom stereocenters. The number of nitrogens with one attached hydrogen (secondary N) is 1. The predicted molar refractivity (Wildman–Crippen MR) is 110 cm³/mol. The smallest absolute Gasteiger partial charge is 0.295 e. The van der Waals surface area contributed by atoms with Crippen LogP contribution in [0.2, 0.25) is 0 Å². The summed E-state index contributed by atoms with van der Waals surface area (Å²) in [6, 6.07) is 12.5. The summed E-state index contributed by atoms with van der Waals surface area (Å²) in [6.45, 7) is 1.25. The topological polar surface area (TPSA) is 108 Å². The van der Waals surface area contributed by atoms with Crippen LogP contribution >= 0.6 is 0 Å². The van der Waals surface area contributed by atoms with Crippen molar-refractivity contribution in [3.8, 4) is 0 Å². The molecule has 0 bridgehead atoms. The van der Waals surface area contributed by atoms with Crippen molar-refractivity contribution in [1.29, 1.82) is 0 Å². The Hall–Kier alpha value is -2.91. The fourth-order valence-electron chi connectivity index (χ4n) is 3.70. The van der Waals surface area contributed by atoms with E-state index in [0.717, 1.165) is 24.8 Å². The quantitative estimate of drug-likeness (QED) is 0.793. The largest absolute Gasteiger partial charge is 0.349 e. The molecule has 2 aromatic rings. The zero-order valence-corrected chi connectivity index (χ0v) is 17.1. The molecule has 30 heavy (non-hydrogen) atoms. The molecule has 1 N–H and O–H groups in total. The number of carbonyl (C=O) groups is 2. The number of rotatable bonds is 5. The molecule has 0 aliphatic carbocycles. The molecule has 1 atom stereocenters. The molecule has 2 heterocycles. The fourth-order valence-corrected chi connectivity index (χ4v) is 5.21. The van der Waals surface area contributed by atoms with Crippen LogP contribution in [0.25, 0.3) is 0 Å². The van der Waals surface area contributed by atoms with E-state index < -0.39 is 22.0 Å². The monoisotopic (exact) mass is 426 g/mol. The summed E-state index contributed by atoms with van der Waals surface area (Å²) >= 11 is 0. The maximum absolute atomic E-state index is 12.7. The second-order valence-electron chi connectivity index (χ2n) is 7.32. The highest BCUT2D eigenvalue weighted by Gasteiger charge is 2.26. The van der Waals surface area contributed by atoms with Crippen LogP contribution in [0.3, 0.4) is 0 Å². The van der Waals surface area contributed by atoms with Gasteiger partial charge in [0.15, 0.2) is 0 Å². The standard InChI is InChI=1S/C21H22N4O4S/c26-20(22-14-19-17-6-2-3-7-18(17)21(27)24-23-19)15-8-10-16(11-9-15)30(28,29)25-12-4-1-5-13-25/h2-3,6-11,19H,1,4-5,12-14H2,(H,22,26). The van der Waals surface area contributed by atoms with Gasteiger partial charge in [0.05, 0.1) is 4.90 Å². The first kappa shape index (κ1) is 20.4. The molecule has 156 valence electrons. The number of benzene rings is 2. The van der Waals surface area contributed by atoms with Crippen molar-refractivity contribution in [2.45, 2.75) is 30.2 Å². The lowest BCUT2D eigenvalue weighted by molar-refractivity contribution is 0.0950. The molecule has 2 aromatic carbocycles. The molecule has 9 heteroatoms. The van der Waals surface area contributed by atoms with Gasteiger partial charge >= 0.3 is 0 Å². The van der Waals surface area contributed by atoms with E-state index in [0.29, 0.717) is 24.2 Å². The number of hydrogen-bond acceptors (Lipinski definition) is 5. The van der Waals surface area contributed by atoms with Gasteiger partial charge in [-0.25, -0.2) is 8.42 Å². The van der Waals surface area contributed by atoms with E-state index in [1.165, 1.54) is 28.6 Å². The summed E-state index contributed by atoms with van der Waals surface area (Å²) < 4.78 is 26.9. The Kier molecular flexibility index (Phi) is 5.74. The highest BCUT2D eigenvalue weighted by Crippen LogP contribution is 2.26. The van der Waals surface area contributed by atoms with E-state index in [1.807, 2.05) is 6.07 Å². The molecule has 2 aliphatic rings. The maximum Gasteiger partial charge on any atom is 0.295 e. The Bertz CT molecular complexity index is 1090. The molecule has 0 spiro atoms. The molecule has 2 aliphatic heterocycles. The molecule has 4 rings (SSSR count). The minimum absolute atomic E-state index is 0.181. The minimum atomic E-state index is -3.53. The molecule has 8 nitrogen and oxygen atoms in total. The number of fused-ring (bicyclic) bond motifs is 1. The Balaban J connectivity index is 1.42. The number of nitrogens with zero attached hydrogens (tertiary/aromatic N) is 3. The van der Waals surface area contributed by atoms with Gasteiger partial charge in [0.2, 0.25) is 10.0 Å². The lowest BCUT2D eigenvalue weighted by Crippen LogP contribution is -2.35. The van der Waals surface area contributed by atoms with Gasteiger partial charge in [0, 0.05) is 30.8 Å². The first-order valence-electron chi connectivity index (χ1n) is 9.89. The van der Waals surface area contributed by atoms with Gasteiger partial charge in [-0.3, -0.25) is 9.59 Å². The normalized spacial score (nSPS) is 19.3. The van der Waals surface area contributed by atoms with Crippen LogP contribution in [0.1, 0.15) is 51.6 Å². The van der Waals surface area contributed by atoms with E-state index >= 15 is 0 Å². The van der Waals surface area contributed by atoms with Crippen molar-refractivity contribution >= 4 is 21.8 Å². The third-order valence-corrected chi connectivity index (χ3v) is 7.28. The minimum Gasteiger partial charge on any atom is -0.349 e. The van der Waals surface area contributed by atoms with Gasteiger partial charge in [-0.05, 0) is 48.7 Å². The summed E-state index contributed by atoms with van der Waals surface area (Å²) in [7, 11) is -3.53. The van der Waals surface area contributed by atoms with Gasteiger partial charge in [0.1, 0.15) is 6.04 Å².